The third-order valence-corrected chi connectivity index (χ3v) is 3.41. The van der Waals surface area contributed by atoms with Gasteiger partial charge in [-0.15, -0.1) is 0 Å². The molecule has 0 aromatic heterocycles. The first-order chi connectivity index (χ1) is 12.0. The first kappa shape index (κ1) is 18.2. The number of benzene rings is 2. The van der Waals surface area contributed by atoms with Crippen LogP contribution in [0.5, 0.6) is 11.5 Å². The number of aliphatic hydroxyl groups excluding tert-OH is 1. The molecule has 1 atom stereocenters. The minimum atomic E-state index is -0.967. The zero-order valence-electron chi connectivity index (χ0n) is 13.5. The third kappa shape index (κ3) is 5.47. The highest BCUT2D eigenvalue weighted by atomic mass is 16.6. The van der Waals surface area contributed by atoms with Gasteiger partial charge < -0.3 is 19.9 Å². The van der Waals surface area contributed by atoms with Crippen molar-refractivity contribution in [3.05, 3.63) is 64.2 Å². The van der Waals surface area contributed by atoms with Crippen LogP contribution in [0.25, 0.3) is 0 Å². The number of amides is 1. The number of carbonyl (C=O) groups excluding carboxylic acids is 1. The number of hydrogen-bond donors (Lipinski definition) is 2. The summed E-state index contributed by atoms with van der Waals surface area (Å²) in [6.45, 7) is -0.220. The lowest BCUT2D eigenvalue weighted by atomic mass is 10.1. The highest BCUT2D eigenvalue weighted by Gasteiger charge is 2.12. The number of hydrogen-bond acceptors (Lipinski definition) is 6. The van der Waals surface area contributed by atoms with Crippen molar-refractivity contribution in [1.82, 2.24) is 5.32 Å². The van der Waals surface area contributed by atoms with Gasteiger partial charge in [-0.2, -0.15) is 0 Å². The smallest absolute Gasteiger partial charge is 0.269 e. The van der Waals surface area contributed by atoms with E-state index in [0.717, 1.165) is 0 Å². The largest absolute Gasteiger partial charge is 0.497 e. The summed E-state index contributed by atoms with van der Waals surface area (Å²) in [7, 11) is 1.56. The molecule has 8 nitrogen and oxygen atoms in total. The second-order valence-corrected chi connectivity index (χ2v) is 5.13. The molecule has 2 aromatic rings. The Morgan fingerprint density at radius 2 is 1.76 bits per heavy atom. The summed E-state index contributed by atoms with van der Waals surface area (Å²) in [5.41, 5.74) is 0.412. The van der Waals surface area contributed by atoms with Gasteiger partial charge in [-0.25, -0.2) is 0 Å². The molecular formula is C17H18N2O6. The Labute approximate surface area is 144 Å². The van der Waals surface area contributed by atoms with Crippen molar-refractivity contribution in [2.24, 2.45) is 0 Å². The molecule has 25 heavy (non-hydrogen) atoms. The molecule has 0 bridgehead atoms. The van der Waals surface area contributed by atoms with Gasteiger partial charge in [0, 0.05) is 18.7 Å². The average Bonchev–Trinajstić information content (AvgIpc) is 2.64. The summed E-state index contributed by atoms with van der Waals surface area (Å²) in [6, 6.07) is 12.3. The van der Waals surface area contributed by atoms with Gasteiger partial charge in [-0.05, 0) is 42.0 Å². The Bertz CT molecular complexity index is 715. The van der Waals surface area contributed by atoms with Crippen LogP contribution in [-0.4, -0.2) is 36.2 Å². The van der Waals surface area contributed by atoms with Crippen LogP contribution in [0.15, 0.2) is 48.5 Å². The Morgan fingerprint density at radius 1 is 1.16 bits per heavy atom. The van der Waals surface area contributed by atoms with Crippen molar-refractivity contribution in [2.75, 3.05) is 20.3 Å². The summed E-state index contributed by atoms with van der Waals surface area (Å²) >= 11 is 0. The zero-order valence-corrected chi connectivity index (χ0v) is 13.5. The van der Waals surface area contributed by atoms with Crippen LogP contribution < -0.4 is 14.8 Å². The van der Waals surface area contributed by atoms with Crippen molar-refractivity contribution in [2.45, 2.75) is 6.10 Å². The van der Waals surface area contributed by atoms with Crippen LogP contribution in [0, 0.1) is 10.1 Å². The maximum atomic E-state index is 11.8. The van der Waals surface area contributed by atoms with Gasteiger partial charge in [0.1, 0.15) is 11.5 Å². The standard InChI is InChI=1S/C17H18N2O6/c1-24-14-6-8-15(9-7-14)25-11-17(21)18-10-16(20)12-2-4-13(5-3-12)19(22)23/h2-9,16,20H,10-11H2,1H3,(H,18,21)/t16-/m0/s1. The van der Waals surface area contributed by atoms with Gasteiger partial charge in [0.05, 0.1) is 18.1 Å². The number of nitro benzene ring substituents is 1. The number of non-ortho nitro benzene ring substituents is 1. The molecule has 2 rings (SSSR count). The number of ether oxygens (including phenoxy) is 2. The van der Waals surface area contributed by atoms with Gasteiger partial charge in [-0.1, -0.05) is 0 Å². The van der Waals surface area contributed by atoms with Crippen molar-refractivity contribution in [3.8, 4) is 11.5 Å². The van der Waals surface area contributed by atoms with Crippen LogP contribution in [0.2, 0.25) is 0 Å². The van der Waals surface area contributed by atoms with Crippen LogP contribution in [0.4, 0.5) is 5.69 Å². The fraction of sp³-hybridized carbons (Fsp3) is 0.235. The van der Waals surface area contributed by atoms with Gasteiger partial charge >= 0.3 is 0 Å². The van der Waals surface area contributed by atoms with Crippen LogP contribution in [0.3, 0.4) is 0 Å². The lowest BCUT2D eigenvalue weighted by molar-refractivity contribution is -0.384. The topological polar surface area (TPSA) is 111 Å². The molecule has 0 saturated heterocycles. The number of nitrogens with zero attached hydrogens (tertiary/aromatic N) is 1. The molecule has 0 spiro atoms. The molecule has 0 aliphatic heterocycles. The quantitative estimate of drug-likeness (QED) is 0.557. The molecule has 132 valence electrons. The van der Waals surface area contributed by atoms with E-state index in [1.807, 2.05) is 0 Å². The summed E-state index contributed by atoms with van der Waals surface area (Å²) in [6.07, 6.45) is -0.967. The molecule has 0 aliphatic rings. The molecule has 0 fully saturated rings. The van der Waals surface area contributed by atoms with Crippen LogP contribution in [-0.2, 0) is 4.79 Å². The number of rotatable bonds is 8. The van der Waals surface area contributed by atoms with Crippen molar-refractivity contribution in [3.63, 3.8) is 0 Å². The molecule has 2 N–H and O–H groups in total. The second-order valence-electron chi connectivity index (χ2n) is 5.13. The lowest BCUT2D eigenvalue weighted by Crippen LogP contribution is -2.32. The molecule has 0 heterocycles. The van der Waals surface area contributed by atoms with Crippen molar-refractivity contribution >= 4 is 11.6 Å². The molecule has 2 aromatic carbocycles. The SMILES string of the molecule is COc1ccc(OCC(=O)NC[C@H](O)c2ccc([N+](=O)[O-])cc2)cc1. The van der Waals surface area contributed by atoms with E-state index in [4.69, 9.17) is 9.47 Å². The fourth-order valence-electron chi connectivity index (χ4n) is 2.02. The van der Waals surface area contributed by atoms with Gasteiger partial charge in [0.2, 0.25) is 0 Å². The number of aliphatic hydroxyl groups is 1. The molecule has 0 saturated carbocycles. The lowest BCUT2D eigenvalue weighted by Gasteiger charge is -2.12. The first-order valence-corrected chi connectivity index (χ1v) is 7.45. The van der Waals surface area contributed by atoms with Gasteiger partial charge in [0.15, 0.2) is 6.61 Å². The normalized spacial score (nSPS) is 11.4. The van der Waals surface area contributed by atoms with E-state index >= 15 is 0 Å². The molecule has 8 heteroatoms. The minimum Gasteiger partial charge on any atom is -0.497 e. The highest BCUT2D eigenvalue weighted by molar-refractivity contribution is 5.77. The van der Waals surface area contributed by atoms with E-state index < -0.39 is 16.9 Å². The Hall–Kier alpha value is -3.13. The maximum absolute atomic E-state index is 11.8. The Kier molecular flexibility index (Phi) is 6.30. The Morgan fingerprint density at radius 3 is 2.32 bits per heavy atom. The third-order valence-electron chi connectivity index (χ3n) is 3.41. The molecule has 0 unspecified atom stereocenters. The van der Waals surface area contributed by atoms with E-state index in [1.165, 1.54) is 24.3 Å². The average molecular weight is 346 g/mol. The summed E-state index contributed by atoms with van der Waals surface area (Å²) in [5, 5.41) is 23.1. The van der Waals surface area contributed by atoms with Crippen LogP contribution in [0.1, 0.15) is 11.7 Å². The fourth-order valence-corrected chi connectivity index (χ4v) is 2.02. The van der Waals surface area contributed by atoms with E-state index in [9.17, 15) is 20.0 Å². The summed E-state index contributed by atoms with van der Waals surface area (Å²) < 4.78 is 10.3. The van der Waals surface area contributed by atoms with Crippen LogP contribution >= 0.6 is 0 Å². The highest BCUT2D eigenvalue weighted by Crippen LogP contribution is 2.18. The second kappa shape index (κ2) is 8.65. The van der Waals surface area contributed by atoms with E-state index in [-0.39, 0.29) is 18.8 Å². The first-order valence-electron chi connectivity index (χ1n) is 7.45. The number of methoxy groups -OCH3 is 1. The molecule has 1 amide bonds. The molecule has 0 aliphatic carbocycles. The molecule has 0 radical (unpaired) electrons. The molecular weight excluding hydrogens is 328 g/mol. The minimum absolute atomic E-state index is 0.0252. The van der Waals surface area contributed by atoms with E-state index in [0.29, 0.717) is 17.1 Å². The number of carbonyl (C=O) groups is 1. The zero-order chi connectivity index (χ0) is 18.2. The predicted molar refractivity (Wildman–Crippen MR) is 89.6 cm³/mol. The summed E-state index contributed by atoms with van der Waals surface area (Å²) in [4.78, 5) is 21.8. The van der Waals surface area contributed by atoms with Crippen molar-refractivity contribution < 1.29 is 24.3 Å². The Balaban J connectivity index is 1.77. The van der Waals surface area contributed by atoms with Gasteiger partial charge in [0.25, 0.3) is 11.6 Å². The van der Waals surface area contributed by atoms with Crippen molar-refractivity contribution in [1.29, 1.82) is 0 Å². The monoisotopic (exact) mass is 346 g/mol. The summed E-state index contributed by atoms with van der Waals surface area (Å²) in [5.74, 6) is 0.812. The van der Waals surface area contributed by atoms with Gasteiger partial charge in [-0.3, -0.25) is 14.9 Å². The predicted octanol–water partition coefficient (Wildman–Crippen LogP) is 1.83. The number of nitro groups is 1. The maximum Gasteiger partial charge on any atom is 0.269 e. The number of nitrogens with one attached hydrogen (secondary N) is 1. The van der Waals surface area contributed by atoms with E-state index in [1.54, 1.807) is 31.4 Å². The van der Waals surface area contributed by atoms with E-state index in [2.05, 4.69) is 5.32 Å².